The van der Waals surface area contributed by atoms with Gasteiger partial charge in [0, 0.05) is 12.1 Å². The Bertz CT molecular complexity index is 684. The number of rotatable bonds is 4. The SMILES string of the molecule is COc1cccc(C(=O)NCc2ccc3c(c2)OCCO3)c1. The molecule has 1 aliphatic heterocycles. The van der Waals surface area contributed by atoms with Crippen LogP contribution >= 0.6 is 0 Å². The maximum atomic E-state index is 12.2. The summed E-state index contributed by atoms with van der Waals surface area (Å²) in [4.78, 5) is 12.2. The van der Waals surface area contributed by atoms with Gasteiger partial charge in [-0.1, -0.05) is 12.1 Å². The Labute approximate surface area is 128 Å². The van der Waals surface area contributed by atoms with E-state index in [2.05, 4.69) is 5.32 Å². The first-order chi connectivity index (χ1) is 10.8. The van der Waals surface area contributed by atoms with E-state index in [9.17, 15) is 4.79 Å². The van der Waals surface area contributed by atoms with Crippen LogP contribution in [0.2, 0.25) is 0 Å². The lowest BCUT2D eigenvalue weighted by Crippen LogP contribution is -2.23. The molecule has 0 atom stereocenters. The zero-order chi connectivity index (χ0) is 15.4. The summed E-state index contributed by atoms with van der Waals surface area (Å²) in [7, 11) is 1.58. The predicted molar refractivity (Wildman–Crippen MR) is 81.6 cm³/mol. The monoisotopic (exact) mass is 299 g/mol. The molecule has 1 N–H and O–H groups in total. The molecule has 1 amide bonds. The average Bonchev–Trinajstić information content (AvgIpc) is 2.59. The van der Waals surface area contributed by atoms with E-state index in [-0.39, 0.29) is 5.91 Å². The fourth-order valence-corrected chi connectivity index (χ4v) is 2.25. The standard InChI is InChI=1S/C17H17NO4/c1-20-14-4-2-3-13(10-14)17(19)18-11-12-5-6-15-16(9-12)22-8-7-21-15/h2-6,9-10H,7-8,11H2,1H3,(H,18,19). The van der Waals surface area contributed by atoms with Crippen LogP contribution in [0.4, 0.5) is 0 Å². The molecule has 3 rings (SSSR count). The van der Waals surface area contributed by atoms with Gasteiger partial charge in [-0.2, -0.15) is 0 Å². The van der Waals surface area contributed by atoms with Crippen molar-refractivity contribution in [1.29, 1.82) is 0 Å². The number of methoxy groups -OCH3 is 1. The largest absolute Gasteiger partial charge is 0.497 e. The lowest BCUT2D eigenvalue weighted by molar-refractivity contribution is 0.0950. The van der Waals surface area contributed by atoms with Gasteiger partial charge in [0.25, 0.3) is 5.91 Å². The fourth-order valence-electron chi connectivity index (χ4n) is 2.25. The van der Waals surface area contributed by atoms with Gasteiger partial charge in [0.15, 0.2) is 11.5 Å². The lowest BCUT2D eigenvalue weighted by atomic mass is 10.1. The van der Waals surface area contributed by atoms with E-state index in [1.165, 1.54) is 0 Å². The van der Waals surface area contributed by atoms with Crippen molar-refractivity contribution in [3.63, 3.8) is 0 Å². The van der Waals surface area contributed by atoms with Gasteiger partial charge in [-0.15, -0.1) is 0 Å². The van der Waals surface area contributed by atoms with Crippen molar-refractivity contribution in [3.8, 4) is 17.2 Å². The van der Waals surface area contributed by atoms with E-state index >= 15 is 0 Å². The minimum atomic E-state index is -0.145. The van der Waals surface area contributed by atoms with Crippen LogP contribution in [0, 0.1) is 0 Å². The van der Waals surface area contributed by atoms with Gasteiger partial charge in [0.05, 0.1) is 7.11 Å². The Morgan fingerprint density at radius 3 is 2.77 bits per heavy atom. The van der Waals surface area contributed by atoms with Crippen molar-refractivity contribution >= 4 is 5.91 Å². The maximum Gasteiger partial charge on any atom is 0.251 e. The van der Waals surface area contributed by atoms with E-state index < -0.39 is 0 Å². The van der Waals surface area contributed by atoms with E-state index in [4.69, 9.17) is 14.2 Å². The quantitative estimate of drug-likeness (QED) is 0.942. The highest BCUT2D eigenvalue weighted by Crippen LogP contribution is 2.30. The second-order valence-electron chi connectivity index (χ2n) is 4.89. The Kier molecular flexibility index (Phi) is 4.14. The van der Waals surface area contributed by atoms with Crippen LogP contribution in [0.3, 0.4) is 0 Å². The van der Waals surface area contributed by atoms with Gasteiger partial charge in [0.1, 0.15) is 19.0 Å². The van der Waals surface area contributed by atoms with Crippen molar-refractivity contribution in [1.82, 2.24) is 5.32 Å². The molecule has 0 saturated carbocycles. The summed E-state index contributed by atoms with van der Waals surface area (Å²) in [5.74, 6) is 1.98. The minimum absolute atomic E-state index is 0.145. The highest BCUT2D eigenvalue weighted by atomic mass is 16.6. The van der Waals surface area contributed by atoms with Crippen molar-refractivity contribution in [2.24, 2.45) is 0 Å². The van der Waals surface area contributed by atoms with Gasteiger partial charge >= 0.3 is 0 Å². The molecule has 2 aromatic carbocycles. The smallest absolute Gasteiger partial charge is 0.251 e. The number of nitrogens with one attached hydrogen (secondary N) is 1. The van der Waals surface area contributed by atoms with Crippen LogP contribution in [0.15, 0.2) is 42.5 Å². The van der Waals surface area contributed by atoms with Gasteiger partial charge < -0.3 is 19.5 Å². The number of carbonyl (C=O) groups is 1. The molecule has 5 nitrogen and oxygen atoms in total. The van der Waals surface area contributed by atoms with Crippen LogP contribution in [0.25, 0.3) is 0 Å². The first kappa shape index (κ1) is 14.3. The van der Waals surface area contributed by atoms with Gasteiger partial charge in [-0.25, -0.2) is 0 Å². The van der Waals surface area contributed by atoms with Gasteiger partial charge in [-0.05, 0) is 35.9 Å². The number of benzene rings is 2. The maximum absolute atomic E-state index is 12.2. The fraction of sp³-hybridized carbons (Fsp3) is 0.235. The molecule has 2 aromatic rings. The van der Waals surface area contributed by atoms with E-state index in [1.54, 1.807) is 31.4 Å². The minimum Gasteiger partial charge on any atom is -0.497 e. The molecule has 0 unspecified atom stereocenters. The number of amides is 1. The predicted octanol–water partition coefficient (Wildman–Crippen LogP) is 2.40. The van der Waals surface area contributed by atoms with E-state index in [1.807, 2.05) is 18.2 Å². The summed E-state index contributed by atoms with van der Waals surface area (Å²) in [6.45, 7) is 1.54. The van der Waals surface area contributed by atoms with E-state index in [0.29, 0.717) is 31.1 Å². The van der Waals surface area contributed by atoms with Crippen molar-refractivity contribution in [2.75, 3.05) is 20.3 Å². The highest BCUT2D eigenvalue weighted by Gasteiger charge is 2.12. The third-order valence-corrected chi connectivity index (χ3v) is 3.39. The van der Waals surface area contributed by atoms with Gasteiger partial charge in [-0.3, -0.25) is 4.79 Å². The zero-order valence-electron chi connectivity index (χ0n) is 12.3. The second kappa shape index (κ2) is 6.39. The molecule has 1 aliphatic rings. The molecule has 1 heterocycles. The topological polar surface area (TPSA) is 56.8 Å². The molecule has 114 valence electrons. The van der Waals surface area contributed by atoms with Crippen molar-refractivity contribution < 1.29 is 19.0 Å². The highest BCUT2D eigenvalue weighted by molar-refractivity contribution is 5.94. The summed E-state index contributed by atoms with van der Waals surface area (Å²) in [6, 6.07) is 12.7. The summed E-state index contributed by atoms with van der Waals surface area (Å²) < 4.78 is 16.1. The normalized spacial score (nSPS) is 12.6. The summed E-state index contributed by atoms with van der Waals surface area (Å²) in [5.41, 5.74) is 1.53. The first-order valence-electron chi connectivity index (χ1n) is 7.07. The molecule has 0 saturated heterocycles. The third-order valence-electron chi connectivity index (χ3n) is 3.39. The van der Waals surface area contributed by atoms with Crippen LogP contribution in [-0.4, -0.2) is 26.2 Å². The average molecular weight is 299 g/mol. The molecule has 0 aliphatic carbocycles. The summed E-state index contributed by atoms with van der Waals surface area (Å²) in [5, 5.41) is 2.88. The summed E-state index contributed by atoms with van der Waals surface area (Å²) >= 11 is 0. The Hall–Kier alpha value is -2.69. The Morgan fingerprint density at radius 2 is 1.95 bits per heavy atom. The van der Waals surface area contributed by atoms with Crippen LogP contribution < -0.4 is 19.5 Å². The first-order valence-corrected chi connectivity index (χ1v) is 7.07. The Balaban J connectivity index is 1.65. The molecular weight excluding hydrogens is 282 g/mol. The second-order valence-corrected chi connectivity index (χ2v) is 4.89. The number of fused-ring (bicyclic) bond motifs is 1. The molecule has 0 bridgehead atoms. The van der Waals surface area contributed by atoms with Crippen LogP contribution in [-0.2, 0) is 6.54 Å². The van der Waals surface area contributed by atoms with Crippen LogP contribution in [0.1, 0.15) is 15.9 Å². The molecule has 0 fully saturated rings. The number of hydrogen-bond acceptors (Lipinski definition) is 4. The molecule has 0 radical (unpaired) electrons. The molecule has 0 spiro atoms. The third kappa shape index (κ3) is 3.14. The number of ether oxygens (including phenoxy) is 3. The van der Waals surface area contributed by atoms with Gasteiger partial charge in [0.2, 0.25) is 0 Å². The lowest BCUT2D eigenvalue weighted by Gasteiger charge is -2.19. The van der Waals surface area contributed by atoms with E-state index in [0.717, 1.165) is 17.1 Å². The number of hydrogen-bond donors (Lipinski definition) is 1. The van der Waals surface area contributed by atoms with Crippen LogP contribution in [0.5, 0.6) is 17.2 Å². The number of carbonyl (C=O) groups excluding carboxylic acids is 1. The molecule has 22 heavy (non-hydrogen) atoms. The molecular formula is C17H17NO4. The summed E-state index contributed by atoms with van der Waals surface area (Å²) in [6.07, 6.45) is 0. The molecule has 5 heteroatoms. The van der Waals surface area contributed by atoms with Crippen molar-refractivity contribution in [3.05, 3.63) is 53.6 Å². The van der Waals surface area contributed by atoms with Crippen molar-refractivity contribution in [2.45, 2.75) is 6.54 Å². The molecule has 0 aromatic heterocycles. The zero-order valence-corrected chi connectivity index (χ0v) is 12.3. The Morgan fingerprint density at radius 1 is 1.14 bits per heavy atom.